The maximum Gasteiger partial charge on any atom is 0.192 e. The average Bonchev–Trinajstić information content (AvgIpc) is 3.36. The fraction of sp³-hybridized carbons (Fsp3) is 0.333. The van der Waals surface area contributed by atoms with Crippen LogP contribution in [0.4, 0.5) is 4.39 Å². The standard InChI is InChI=1S/C21H21ClFN3OS/c1-27-19-11-10-14(12-18(19)23)13-28-21-25-24-20(16-8-4-5-9-17(16)22)26(21)15-6-2-3-7-15/h4-5,8-12,15H,2-3,6-7,13H2,1H3. The van der Waals surface area contributed by atoms with Crippen molar-refractivity contribution in [1.82, 2.24) is 14.8 Å². The van der Waals surface area contributed by atoms with E-state index in [1.807, 2.05) is 30.3 Å². The smallest absolute Gasteiger partial charge is 0.192 e. The first-order chi connectivity index (χ1) is 13.7. The monoisotopic (exact) mass is 417 g/mol. The Morgan fingerprint density at radius 1 is 1.18 bits per heavy atom. The summed E-state index contributed by atoms with van der Waals surface area (Å²) >= 11 is 7.99. The molecule has 4 nitrogen and oxygen atoms in total. The number of thioether (sulfide) groups is 1. The normalized spacial score (nSPS) is 14.5. The second kappa shape index (κ2) is 8.53. The quantitative estimate of drug-likeness (QED) is 0.451. The van der Waals surface area contributed by atoms with Gasteiger partial charge in [0.2, 0.25) is 0 Å². The molecule has 0 radical (unpaired) electrons. The van der Waals surface area contributed by atoms with Crippen molar-refractivity contribution in [2.75, 3.05) is 7.11 Å². The number of aromatic nitrogens is 3. The van der Waals surface area contributed by atoms with Gasteiger partial charge in [-0.2, -0.15) is 0 Å². The van der Waals surface area contributed by atoms with Gasteiger partial charge in [-0.25, -0.2) is 4.39 Å². The van der Waals surface area contributed by atoms with Crippen molar-refractivity contribution in [3.8, 4) is 17.1 Å². The van der Waals surface area contributed by atoms with Gasteiger partial charge < -0.3 is 4.74 Å². The number of ether oxygens (including phenoxy) is 1. The molecule has 7 heteroatoms. The van der Waals surface area contributed by atoms with E-state index in [0.717, 1.165) is 34.9 Å². The highest BCUT2D eigenvalue weighted by Crippen LogP contribution is 2.38. The summed E-state index contributed by atoms with van der Waals surface area (Å²) in [6.45, 7) is 0. The van der Waals surface area contributed by atoms with E-state index < -0.39 is 0 Å². The van der Waals surface area contributed by atoms with Crippen LogP contribution in [-0.4, -0.2) is 21.9 Å². The van der Waals surface area contributed by atoms with Gasteiger partial charge in [0.05, 0.1) is 12.1 Å². The summed E-state index contributed by atoms with van der Waals surface area (Å²) in [5.74, 6) is 1.31. The van der Waals surface area contributed by atoms with E-state index in [4.69, 9.17) is 16.3 Å². The third kappa shape index (κ3) is 3.89. The Hall–Kier alpha value is -2.05. The summed E-state index contributed by atoms with van der Waals surface area (Å²) in [7, 11) is 1.47. The maximum absolute atomic E-state index is 14.0. The minimum absolute atomic E-state index is 0.254. The first-order valence-corrected chi connectivity index (χ1v) is 10.7. The van der Waals surface area contributed by atoms with Crippen molar-refractivity contribution >= 4 is 23.4 Å². The molecular weight excluding hydrogens is 397 g/mol. The first-order valence-electron chi connectivity index (χ1n) is 9.32. The third-order valence-electron chi connectivity index (χ3n) is 5.05. The van der Waals surface area contributed by atoms with Crippen LogP contribution in [0.15, 0.2) is 47.6 Å². The highest BCUT2D eigenvalue weighted by molar-refractivity contribution is 7.98. The van der Waals surface area contributed by atoms with E-state index in [0.29, 0.717) is 16.8 Å². The number of benzene rings is 2. The molecule has 4 rings (SSSR count). The molecule has 0 spiro atoms. The fourth-order valence-corrected chi connectivity index (χ4v) is 4.81. The summed E-state index contributed by atoms with van der Waals surface area (Å²) in [6.07, 6.45) is 4.64. The van der Waals surface area contributed by atoms with Gasteiger partial charge in [0, 0.05) is 17.4 Å². The molecule has 1 aliphatic carbocycles. The predicted molar refractivity (Wildman–Crippen MR) is 110 cm³/mol. The van der Waals surface area contributed by atoms with Crippen LogP contribution in [0.1, 0.15) is 37.3 Å². The molecule has 1 fully saturated rings. The van der Waals surface area contributed by atoms with Crippen molar-refractivity contribution in [2.24, 2.45) is 0 Å². The van der Waals surface area contributed by atoms with E-state index in [-0.39, 0.29) is 11.6 Å². The number of halogens is 2. The Balaban J connectivity index is 1.63. The minimum atomic E-state index is -0.352. The van der Waals surface area contributed by atoms with Crippen molar-refractivity contribution in [1.29, 1.82) is 0 Å². The molecule has 0 saturated heterocycles. The van der Waals surface area contributed by atoms with Gasteiger partial charge in [0.15, 0.2) is 22.5 Å². The molecule has 3 aromatic rings. The van der Waals surface area contributed by atoms with Crippen LogP contribution in [0.3, 0.4) is 0 Å². The van der Waals surface area contributed by atoms with Crippen LogP contribution in [0.2, 0.25) is 5.02 Å². The number of hydrogen-bond acceptors (Lipinski definition) is 4. The Bertz CT molecular complexity index is 972. The lowest BCUT2D eigenvalue weighted by atomic mass is 10.2. The Labute approximate surface area is 173 Å². The molecule has 1 aliphatic rings. The number of rotatable bonds is 6. The zero-order valence-electron chi connectivity index (χ0n) is 15.6. The Morgan fingerprint density at radius 3 is 2.68 bits per heavy atom. The molecule has 0 amide bonds. The van der Waals surface area contributed by atoms with Gasteiger partial charge in [-0.3, -0.25) is 4.57 Å². The zero-order valence-corrected chi connectivity index (χ0v) is 17.1. The van der Waals surface area contributed by atoms with Crippen LogP contribution in [-0.2, 0) is 5.75 Å². The molecule has 0 bridgehead atoms. The van der Waals surface area contributed by atoms with Gasteiger partial charge in [-0.05, 0) is 42.7 Å². The molecule has 28 heavy (non-hydrogen) atoms. The highest BCUT2D eigenvalue weighted by Gasteiger charge is 2.25. The topological polar surface area (TPSA) is 39.9 Å². The van der Waals surface area contributed by atoms with Gasteiger partial charge in [0.25, 0.3) is 0 Å². The molecule has 2 aromatic carbocycles. The number of methoxy groups -OCH3 is 1. The van der Waals surface area contributed by atoms with Crippen LogP contribution in [0.25, 0.3) is 11.4 Å². The largest absolute Gasteiger partial charge is 0.494 e. The van der Waals surface area contributed by atoms with E-state index in [1.165, 1.54) is 26.0 Å². The molecular formula is C21H21ClFN3OS. The lowest BCUT2D eigenvalue weighted by Crippen LogP contribution is -2.08. The maximum atomic E-state index is 14.0. The average molecular weight is 418 g/mol. The predicted octanol–water partition coefficient (Wildman–Crippen LogP) is 6.15. The SMILES string of the molecule is COc1ccc(CSc2nnc(-c3ccccc3Cl)n2C2CCCC2)cc1F. The fourth-order valence-electron chi connectivity index (χ4n) is 3.64. The molecule has 0 N–H and O–H groups in total. The van der Waals surface area contributed by atoms with Crippen molar-refractivity contribution in [3.63, 3.8) is 0 Å². The second-order valence-electron chi connectivity index (χ2n) is 6.85. The van der Waals surface area contributed by atoms with Gasteiger partial charge in [-0.1, -0.05) is 54.4 Å². The lowest BCUT2D eigenvalue weighted by Gasteiger charge is -2.17. The third-order valence-corrected chi connectivity index (χ3v) is 6.40. The zero-order chi connectivity index (χ0) is 19.5. The first kappa shape index (κ1) is 19.3. The summed E-state index contributed by atoms with van der Waals surface area (Å²) in [5.41, 5.74) is 1.77. The van der Waals surface area contributed by atoms with Crippen LogP contribution in [0, 0.1) is 5.82 Å². The number of nitrogens with zero attached hydrogens (tertiary/aromatic N) is 3. The summed E-state index contributed by atoms with van der Waals surface area (Å²) < 4.78 is 21.2. The summed E-state index contributed by atoms with van der Waals surface area (Å²) in [5, 5.41) is 10.4. The Kier molecular flexibility index (Phi) is 5.87. The molecule has 1 heterocycles. The van der Waals surface area contributed by atoms with Gasteiger partial charge in [0.1, 0.15) is 0 Å². The van der Waals surface area contributed by atoms with Crippen molar-refractivity contribution in [3.05, 3.63) is 58.9 Å². The Morgan fingerprint density at radius 2 is 1.96 bits per heavy atom. The highest BCUT2D eigenvalue weighted by atomic mass is 35.5. The molecule has 0 aliphatic heterocycles. The molecule has 0 atom stereocenters. The number of hydrogen-bond donors (Lipinski definition) is 0. The second-order valence-corrected chi connectivity index (χ2v) is 8.20. The van der Waals surface area contributed by atoms with E-state index in [2.05, 4.69) is 14.8 Å². The van der Waals surface area contributed by atoms with Crippen LogP contribution in [0.5, 0.6) is 5.75 Å². The van der Waals surface area contributed by atoms with Gasteiger partial charge in [-0.15, -0.1) is 10.2 Å². The van der Waals surface area contributed by atoms with Crippen molar-refractivity contribution < 1.29 is 9.13 Å². The molecule has 0 unspecified atom stereocenters. The molecule has 1 saturated carbocycles. The minimum Gasteiger partial charge on any atom is -0.494 e. The molecule has 1 aromatic heterocycles. The van der Waals surface area contributed by atoms with Gasteiger partial charge >= 0.3 is 0 Å². The van der Waals surface area contributed by atoms with E-state index >= 15 is 0 Å². The lowest BCUT2D eigenvalue weighted by molar-refractivity contribution is 0.386. The summed E-state index contributed by atoms with van der Waals surface area (Å²) in [6, 6.07) is 13.1. The summed E-state index contributed by atoms with van der Waals surface area (Å²) in [4.78, 5) is 0. The van der Waals surface area contributed by atoms with Crippen LogP contribution >= 0.6 is 23.4 Å². The van der Waals surface area contributed by atoms with Crippen molar-refractivity contribution in [2.45, 2.75) is 42.6 Å². The van der Waals surface area contributed by atoms with Crippen LogP contribution < -0.4 is 4.74 Å². The van der Waals surface area contributed by atoms with E-state index in [1.54, 1.807) is 17.8 Å². The van der Waals surface area contributed by atoms with E-state index in [9.17, 15) is 4.39 Å². The molecule has 146 valence electrons.